The maximum absolute atomic E-state index is 12.5. The van der Waals surface area contributed by atoms with Gasteiger partial charge >= 0.3 is 6.03 Å². The van der Waals surface area contributed by atoms with Crippen LogP contribution in [-0.2, 0) is 0 Å². The predicted molar refractivity (Wildman–Crippen MR) is 82.1 cm³/mol. The number of carbonyl (C=O) groups is 1. The Kier molecular flexibility index (Phi) is 3.51. The Morgan fingerprint density at radius 3 is 2.96 bits per heavy atom. The van der Waals surface area contributed by atoms with Gasteiger partial charge in [0.1, 0.15) is 5.82 Å². The fourth-order valence-corrected chi connectivity index (χ4v) is 3.15. The highest BCUT2D eigenvalue weighted by atomic mass is 16.5. The third-order valence-corrected chi connectivity index (χ3v) is 4.69. The molecule has 0 spiro atoms. The van der Waals surface area contributed by atoms with Crippen molar-refractivity contribution in [3.8, 4) is 0 Å². The van der Waals surface area contributed by atoms with E-state index in [1.54, 1.807) is 18.0 Å². The smallest absolute Gasteiger partial charge is 0.323 e. The summed E-state index contributed by atoms with van der Waals surface area (Å²) >= 11 is 0. The summed E-state index contributed by atoms with van der Waals surface area (Å²) in [6, 6.07) is 2.18. The number of amides is 2. The van der Waals surface area contributed by atoms with Gasteiger partial charge in [0.25, 0.3) is 0 Å². The summed E-state index contributed by atoms with van der Waals surface area (Å²) in [6.45, 7) is 3.09. The number of urea groups is 1. The van der Waals surface area contributed by atoms with Crippen LogP contribution in [0.4, 0.5) is 10.6 Å². The lowest BCUT2D eigenvalue weighted by molar-refractivity contribution is 0.220. The molecule has 2 amide bonds. The van der Waals surface area contributed by atoms with E-state index in [1.807, 2.05) is 10.7 Å². The normalized spacial score (nSPS) is 21.4. The number of aryl methyl sites for hydroxylation is 1. The molecule has 2 aromatic rings. The van der Waals surface area contributed by atoms with Crippen LogP contribution in [0.1, 0.15) is 49.4 Å². The topological polar surface area (TPSA) is 89.1 Å². The van der Waals surface area contributed by atoms with Crippen molar-refractivity contribution in [3.63, 3.8) is 0 Å². The van der Waals surface area contributed by atoms with E-state index in [-0.39, 0.29) is 11.9 Å². The average Bonchev–Trinajstić information content (AvgIpc) is 3.18. The third kappa shape index (κ3) is 2.69. The molecule has 1 aliphatic heterocycles. The zero-order valence-electron chi connectivity index (χ0n) is 13.1. The SMILES string of the molecule is Cc1noc(C2CCN(C(=O)Nc3ccnn3C3CCC3)C2)n1. The molecule has 8 heteroatoms. The number of carbonyl (C=O) groups excluding carboxylic acids is 1. The lowest BCUT2D eigenvalue weighted by atomic mass is 9.93. The number of hydrogen-bond donors (Lipinski definition) is 1. The van der Waals surface area contributed by atoms with Crippen LogP contribution in [0.5, 0.6) is 0 Å². The number of aromatic nitrogens is 4. The zero-order valence-corrected chi connectivity index (χ0v) is 13.1. The molecular weight excluding hydrogens is 296 g/mol. The number of rotatable bonds is 3. The highest BCUT2D eigenvalue weighted by Crippen LogP contribution is 2.33. The fourth-order valence-electron chi connectivity index (χ4n) is 3.15. The molecule has 0 radical (unpaired) electrons. The molecule has 0 bridgehead atoms. The Labute approximate surface area is 133 Å². The standard InChI is InChI=1S/C15H20N6O2/c1-10-17-14(23-19-10)11-6-8-20(9-11)15(22)18-13-5-7-16-21(13)12-3-2-4-12/h5,7,11-12H,2-4,6,8-9H2,1H3,(H,18,22). The summed E-state index contributed by atoms with van der Waals surface area (Å²) in [6.07, 6.45) is 6.08. The van der Waals surface area contributed by atoms with Crippen molar-refractivity contribution in [2.75, 3.05) is 18.4 Å². The fraction of sp³-hybridized carbons (Fsp3) is 0.600. The van der Waals surface area contributed by atoms with E-state index in [9.17, 15) is 4.79 Å². The summed E-state index contributed by atoms with van der Waals surface area (Å²) in [5.74, 6) is 2.15. The van der Waals surface area contributed by atoms with Gasteiger partial charge in [-0.2, -0.15) is 10.1 Å². The molecule has 1 saturated carbocycles. The third-order valence-electron chi connectivity index (χ3n) is 4.69. The van der Waals surface area contributed by atoms with Crippen molar-refractivity contribution in [1.82, 2.24) is 24.8 Å². The minimum atomic E-state index is -0.0928. The number of anilines is 1. The van der Waals surface area contributed by atoms with Gasteiger partial charge in [-0.1, -0.05) is 5.16 Å². The first-order valence-corrected chi connectivity index (χ1v) is 8.10. The lowest BCUT2D eigenvalue weighted by Gasteiger charge is -2.27. The maximum atomic E-state index is 12.5. The van der Waals surface area contributed by atoms with Gasteiger partial charge in [0.05, 0.1) is 18.2 Å². The van der Waals surface area contributed by atoms with E-state index in [2.05, 4.69) is 20.6 Å². The second-order valence-corrected chi connectivity index (χ2v) is 6.29. The second kappa shape index (κ2) is 5.68. The Balaban J connectivity index is 1.39. The van der Waals surface area contributed by atoms with Crippen molar-refractivity contribution < 1.29 is 9.32 Å². The van der Waals surface area contributed by atoms with Crippen LogP contribution in [0, 0.1) is 6.92 Å². The molecule has 2 aliphatic rings. The predicted octanol–water partition coefficient (Wildman–Crippen LogP) is 2.32. The first kappa shape index (κ1) is 14.2. The molecule has 1 aliphatic carbocycles. The quantitative estimate of drug-likeness (QED) is 0.938. The summed E-state index contributed by atoms with van der Waals surface area (Å²) in [7, 11) is 0. The molecule has 2 fully saturated rings. The van der Waals surface area contributed by atoms with Gasteiger partial charge in [0.15, 0.2) is 5.82 Å². The molecule has 4 rings (SSSR count). The van der Waals surface area contributed by atoms with Crippen molar-refractivity contribution in [3.05, 3.63) is 24.0 Å². The molecule has 2 aromatic heterocycles. The zero-order chi connectivity index (χ0) is 15.8. The lowest BCUT2D eigenvalue weighted by Crippen LogP contribution is -2.34. The van der Waals surface area contributed by atoms with Crippen LogP contribution >= 0.6 is 0 Å². The van der Waals surface area contributed by atoms with Crippen molar-refractivity contribution in [1.29, 1.82) is 0 Å². The largest absolute Gasteiger partial charge is 0.339 e. The number of likely N-dealkylation sites (tertiary alicyclic amines) is 1. The van der Waals surface area contributed by atoms with Crippen LogP contribution in [-0.4, -0.2) is 43.9 Å². The van der Waals surface area contributed by atoms with Gasteiger partial charge in [-0.3, -0.25) is 5.32 Å². The van der Waals surface area contributed by atoms with Gasteiger partial charge in [-0.15, -0.1) is 0 Å². The van der Waals surface area contributed by atoms with Crippen LogP contribution < -0.4 is 5.32 Å². The van der Waals surface area contributed by atoms with Crippen molar-refractivity contribution in [2.45, 2.75) is 44.6 Å². The molecule has 3 heterocycles. The van der Waals surface area contributed by atoms with Crippen LogP contribution in [0.3, 0.4) is 0 Å². The van der Waals surface area contributed by atoms with Crippen molar-refractivity contribution >= 4 is 11.8 Å². The Hall–Kier alpha value is -2.38. The number of nitrogens with zero attached hydrogens (tertiary/aromatic N) is 5. The second-order valence-electron chi connectivity index (χ2n) is 6.29. The van der Waals surface area contributed by atoms with Crippen LogP contribution in [0.15, 0.2) is 16.8 Å². The Morgan fingerprint density at radius 2 is 2.26 bits per heavy atom. The minimum Gasteiger partial charge on any atom is -0.339 e. The molecule has 1 N–H and O–H groups in total. The van der Waals surface area contributed by atoms with Gasteiger partial charge in [0.2, 0.25) is 5.89 Å². The first-order chi connectivity index (χ1) is 11.2. The molecule has 122 valence electrons. The average molecular weight is 316 g/mol. The number of hydrogen-bond acceptors (Lipinski definition) is 5. The molecular formula is C15H20N6O2. The van der Waals surface area contributed by atoms with Gasteiger partial charge in [-0.25, -0.2) is 9.48 Å². The van der Waals surface area contributed by atoms with E-state index in [0.717, 1.165) is 25.1 Å². The van der Waals surface area contributed by atoms with E-state index in [0.29, 0.717) is 30.8 Å². The van der Waals surface area contributed by atoms with Gasteiger partial charge < -0.3 is 9.42 Å². The molecule has 1 atom stereocenters. The Bertz CT molecular complexity index is 704. The molecule has 0 aromatic carbocycles. The van der Waals surface area contributed by atoms with E-state index in [4.69, 9.17) is 4.52 Å². The monoisotopic (exact) mass is 316 g/mol. The first-order valence-electron chi connectivity index (χ1n) is 8.10. The van der Waals surface area contributed by atoms with Crippen molar-refractivity contribution in [2.24, 2.45) is 0 Å². The summed E-state index contributed by atoms with van der Waals surface area (Å²) in [5, 5.41) is 11.1. The molecule has 23 heavy (non-hydrogen) atoms. The van der Waals surface area contributed by atoms with Crippen LogP contribution in [0.2, 0.25) is 0 Å². The Morgan fingerprint density at radius 1 is 1.39 bits per heavy atom. The maximum Gasteiger partial charge on any atom is 0.323 e. The highest BCUT2D eigenvalue weighted by molar-refractivity contribution is 5.88. The highest BCUT2D eigenvalue weighted by Gasteiger charge is 2.31. The van der Waals surface area contributed by atoms with Gasteiger partial charge in [-0.05, 0) is 32.6 Å². The summed E-state index contributed by atoms with van der Waals surface area (Å²) in [4.78, 5) is 18.5. The van der Waals surface area contributed by atoms with E-state index >= 15 is 0 Å². The van der Waals surface area contributed by atoms with E-state index < -0.39 is 0 Å². The number of nitrogens with one attached hydrogen (secondary N) is 1. The molecule has 8 nitrogen and oxygen atoms in total. The van der Waals surface area contributed by atoms with E-state index in [1.165, 1.54) is 6.42 Å². The summed E-state index contributed by atoms with van der Waals surface area (Å²) < 4.78 is 7.15. The van der Waals surface area contributed by atoms with Gasteiger partial charge in [0, 0.05) is 19.2 Å². The summed E-state index contributed by atoms with van der Waals surface area (Å²) in [5.41, 5.74) is 0. The molecule has 1 unspecified atom stereocenters. The molecule has 1 saturated heterocycles. The van der Waals surface area contributed by atoms with Crippen LogP contribution in [0.25, 0.3) is 0 Å². The minimum absolute atomic E-state index is 0.0928.